The molecule has 1 rings (SSSR count). The summed E-state index contributed by atoms with van der Waals surface area (Å²) in [7, 11) is 0. The Balaban J connectivity index is 0. The van der Waals surface area contributed by atoms with Crippen LogP contribution in [0.1, 0.15) is 47.2 Å². The smallest absolute Gasteiger partial charge is 0.222 e. The Labute approximate surface area is 107 Å². The van der Waals surface area contributed by atoms with E-state index in [2.05, 4.69) is 24.4 Å². The molecule has 0 fully saturated rings. The van der Waals surface area contributed by atoms with Crippen molar-refractivity contribution in [2.45, 2.75) is 47.6 Å². The second-order valence-corrected chi connectivity index (χ2v) is 4.05. The third-order valence-electron chi connectivity index (χ3n) is 2.39. The molecule has 0 aliphatic heterocycles. The van der Waals surface area contributed by atoms with E-state index in [1.165, 1.54) is 11.1 Å². The van der Waals surface area contributed by atoms with Gasteiger partial charge in [-0.05, 0) is 17.5 Å². The summed E-state index contributed by atoms with van der Waals surface area (Å²) in [6.45, 7) is 10.6. The molecule has 0 spiro atoms. The summed E-state index contributed by atoms with van der Waals surface area (Å²) in [6.07, 6.45) is 1.03. The lowest BCUT2D eigenvalue weighted by Crippen LogP contribution is -2.27. The molecule has 2 heteroatoms. The predicted molar refractivity (Wildman–Crippen MR) is 76.0 cm³/mol. The van der Waals surface area contributed by atoms with Gasteiger partial charge in [-0.3, -0.25) is 4.79 Å². The van der Waals surface area contributed by atoms with Crippen LogP contribution in [0.15, 0.2) is 24.3 Å². The molecule has 0 heterocycles. The number of aryl methyl sites for hydroxylation is 1. The van der Waals surface area contributed by atoms with Gasteiger partial charge in [0.15, 0.2) is 0 Å². The SMILES string of the molecule is CC.CCc1cccc(CNC(=O)C(C)C)c1.[HH]. The van der Waals surface area contributed by atoms with E-state index >= 15 is 0 Å². The van der Waals surface area contributed by atoms with E-state index in [0.29, 0.717) is 6.54 Å². The van der Waals surface area contributed by atoms with Crippen LogP contribution in [0, 0.1) is 5.92 Å². The van der Waals surface area contributed by atoms with Crippen molar-refractivity contribution in [2.24, 2.45) is 5.92 Å². The highest BCUT2D eigenvalue weighted by atomic mass is 16.1. The normalized spacial score (nSPS) is 9.53. The van der Waals surface area contributed by atoms with Gasteiger partial charge in [0.05, 0.1) is 0 Å². The molecule has 2 nitrogen and oxygen atoms in total. The quantitative estimate of drug-likeness (QED) is 0.848. The Morgan fingerprint density at radius 1 is 1.29 bits per heavy atom. The molecule has 0 bridgehead atoms. The second-order valence-electron chi connectivity index (χ2n) is 4.05. The number of carbonyl (C=O) groups is 1. The monoisotopic (exact) mass is 237 g/mol. The molecule has 0 atom stereocenters. The van der Waals surface area contributed by atoms with Gasteiger partial charge in [0.25, 0.3) is 0 Å². The first-order chi connectivity index (χ1) is 8.13. The first kappa shape index (κ1) is 15.7. The average Bonchev–Trinajstić information content (AvgIpc) is 2.38. The van der Waals surface area contributed by atoms with Crippen LogP contribution < -0.4 is 5.32 Å². The Kier molecular flexibility index (Phi) is 8.12. The fraction of sp³-hybridized carbons (Fsp3) is 0.533. The highest BCUT2D eigenvalue weighted by Crippen LogP contribution is 2.05. The number of hydrogen-bond acceptors (Lipinski definition) is 1. The number of hydrogen-bond donors (Lipinski definition) is 1. The zero-order valence-corrected chi connectivity index (χ0v) is 11.7. The zero-order valence-electron chi connectivity index (χ0n) is 11.7. The number of carbonyl (C=O) groups excluding carboxylic acids is 1. The Bertz CT molecular complexity index is 337. The van der Waals surface area contributed by atoms with Crippen molar-refractivity contribution < 1.29 is 6.22 Å². The molecule has 0 saturated carbocycles. The molecule has 0 aliphatic carbocycles. The van der Waals surface area contributed by atoms with Crippen molar-refractivity contribution in [2.75, 3.05) is 0 Å². The number of benzene rings is 1. The fourth-order valence-electron chi connectivity index (χ4n) is 1.35. The maximum absolute atomic E-state index is 11.4. The lowest BCUT2D eigenvalue weighted by molar-refractivity contribution is -0.124. The minimum absolute atomic E-state index is 0. The largest absolute Gasteiger partial charge is 0.352 e. The van der Waals surface area contributed by atoms with Crippen molar-refractivity contribution in [1.82, 2.24) is 5.32 Å². The molecule has 0 aromatic heterocycles. The summed E-state index contributed by atoms with van der Waals surface area (Å²) in [5.74, 6) is 0.163. The van der Waals surface area contributed by atoms with E-state index in [4.69, 9.17) is 0 Å². The van der Waals surface area contributed by atoms with Crippen LogP contribution in [0.3, 0.4) is 0 Å². The molecule has 98 valence electrons. The van der Waals surface area contributed by atoms with Gasteiger partial charge in [0.1, 0.15) is 0 Å². The van der Waals surface area contributed by atoms with Crippen LogP contribution in [-0.4, -0.2) is 5.91 Å². The van der Waals surface area contributed by atoms with Crippen LogP contribution >= 0.6 is 0 Å². The van der Waals surface area contributed by atoms with Gasteiger partial charge < -0.3 is 5.32 Å². The summed E-state index contributed by atoms with van der Waals surface area (Å²) in [5.41, 5.74) is 2.48. The Morgan fingerprint density at radius 3 is 2.41 bits per heavy atom. The van der Waals surface area contributed by atoms with Crippen LogP contribution in [0.25, 0.3) is 0 Å². The summed E-state index contributed by atoms with van der Waals surface area (Å²) < 4.78 is 0. The summed E-state index contributed by atoms with van der Waals surface area (Å²) >= 11 is 0. The van der Waals surface area contributed by atoms with Gasteiger partial charge in [-0.25, -0.2) is 0 Å². The predicted octanol–water partition coefficient (Wildman–Crippen LogP) is 3.79. The van der Waals surface area contributed by atoms with Crippen molar-refractivity contribution in [3.8, 4) is 0 Å². The van der Waals surface area contributed by atoms with Crippen LogP contribution in [-0.2, 0) is 17.8 Å². The molecule has 0 radical (unpaired) electrons. The Hall–Kier alpha value is -1.31. The summed E-state index contributed by atoms with van der Waals surface area (Å²) in [4.78, 5) is 11.4. The van der Waals surface area contributed by atoms with Gasteiger partial charge in [0, 0.05) is 13.9 Å². The van der Waals surface area contributed by atoms with Gasteiger partial charge in [-0.2, -0.15) is 0 Å². The lowest BCUT2D eigenvalue weighted by atomic mass is 10.1. The van der Waals surface area contributed by atoms with E-state index < -0.39 is 0 Å². The molecule has 0 aliphatic rings. The molecular formula is C15H27NO. The molecule has 1 aromatic carbocycles. The molecule has 17 heavy (non-hydrogen) atoms. The number of nitrogens with one attached hydrogen (secondary N) is 1. The lowest BCUT2D eigenvalue weighted by Gasteiger charge is -2.08. The maximum atomic E-state index is 11.4. The van der Waals surface area contributed by atoms with Crippen LogP contribution in [0.4, 0.5) is 0 Å². The van der Waals surface area contributed by atoms with Gasteiger partial charge in [-0.1, -0.05) is 58.9 Å². The molecule has 1 N–H and O–H groups in total. The van der Waals surface area contributed by atoms with E-state index in [9.17, 15) is 4.79 Å². The molecule has 1 amide bonds. The minimum Gasteiger partial charge on any atom is -0.352 e. The summed E-state index contributed by atoms with van der Waals surface area (Å²) in [6, 6.07) is 8.32. The first-order valence-corrected chi connectivity index (χ1v) is 6.49. The van der Waals surface area contributed by atoms with Crippen molar-refractivity contribution >= 4 is 5.91 Å². The van der Waals surface area contributed by atoms with Crippen LogP contribution in [0.5, 0.6) is 0 Å². The van der Waals surface area contributed by atoms with Gasteiger partial charge >= 0.3 is 0 Å². The zero-order chi connectivity index (χ0) is 13.3. The van der Waals surface area contributed by atoms with Crippen molar-refractivity contribution in [3.05, 3.63) is 35.4 Å². The molecule has 0 unspecified atom stereocenters. The van der Waals surface area contributed by atoms with E-state index in [1.807, 2.05) is 39.8 Å². The molecular weight excluding hydrogens is 210 g/mol. The van der Waals surface area contributed by atoms with Crippen LogP contribution in [0.2, 0.25) is 0 Å². The third-order valence-corrected chi connectivity index (χ3v) is 2.39. The standard InChI is InChI=1S/C13H19NO.C2H6.H2/c1-4-11-6-5-7-12(8-11)9-14-13(15)10(2)3;1-2;/h5-8,10H,4,9H2,1-3H3,(H,14,15);1-2H3;1H. The molecule has 1 aromatic rings. The molecule has 0 saturated heterocycles. The number of amides is 1. The Morgan fingerprint density at radius 2 is 1.88 bits per heavy atom. The average molecular weight is 237 g/mol. The highest BCUT2D eigenvalue weighted by molar-refractivity contribution is 5.77. The number of rotatable bonds is 4. The van der Waals surface area contributed by atoms with Gasteiger partial charge in [-0.15, -0.1) is 0 Å². The minimum atomic E-state index is 0. The van der Waals surface area contributed by atoms with E-state index in [0.717, 1.165) is 6.42 Å². The maximum Gasteiger partial charge on any atom is 0.222 e. The highest BCUT2D eigenvalue weighted by Gasteiger charge is 2.05. The summed E-state index contributed by atoms with van der Waals surface area (Å²) in [5, 5.41) is 2.91. The van der Waals surface area contributed by atoms with Crippen molar-refractivity contribution in [3.63, 3.8) is 0 Å². The van der Waals surface area contributed by atoms with Crippen molar-refractivity contribution in [1.29, 1.82) is 0 Å². The van der Waals surface area contributed by atoms with Gasteiger partial charge in [0.2, 0.25) is 5.91 Å². The second kappa shape index (κ2) is 8.80. The van der Waals surface area contributed by atoms with E-state index in [-0.39, 0.29) is 13.3 Å². The fourth-order valence-corrected chi connectivity index (χ4v) is 1.35. The topological polar surface area (TPSA) is 29.1 Å². The first-order valence-electron chi connectivity index (χ1n) is 6.49. The third kappa shape index (κ3) is 6.10. The van der Waals surface area contributed by atoms with E-state index in [1.54, 1.807) is 0 Å².